The number of nitrogens with one attached hydrogen (secondary N) is 1. The van der Waals surface area contributed by atoms with Crippen molar-refractivity contribution in [2.45, 2.75) is 26.4 Å². The average Bonchev–Trinajstić information content (AvgIpc) is 2.85. The van der Waals surface area contributed by atoms with Crippen LogP contribution in [0.1, 0.15) is 24.2 Å². The summed E-state index contributed by atoms with van der Waals surface area (Å²) in [6.45, 7) is 3.68. The lowest BCUT2D eigenvalue weighted by Crippen LogP contribution is -2.33. The van der Waals surface area contributed by atoms with Crippen LogP contribution in [0, 0.1) is 6.92 Å². The molecule has 124 valence electrons. The lowest BCUT2D eigenvalue weighted by molar-refractivity contribution is -0.122. The van der Waals surface area contributed by atoms with Crippen LogP contribution in [0.4, 0.5) is 0 Å². The summed E-state index contributed by atoms with van der Waals surface area (Å²) in [4.78, 5) is 23.7. The number of carbonyl (C=O) groups is 1. The molecule has 2 rings (SSSR count). The van der Waals surface area contributed by atoms with Gasteiger partial charge < -0.3 is 14.8 Å². The Kier molecular flexibility index (Phi) is 5.44. The zero-order valence-electron chi connectivity index (χ0n) is 13.6. The van der Waals surface area contributed by atoms with Gasteiger partial charge in [0.1, 0.15) is 18.0 Å². The van der Waals surface area contributed by atoms with Crippen LogP contribution < -0.4 is 19.7 Å². The molecule has 23 heavy (non-hydrogen) atoms. The van der Waals surface area contributed by atoms with Gasteiger partial charge in [-0.05, 0) is 26.0 Å². The first kappa shape index (κ1) is 17.1. The SMILES string of the molecule is COc1ccc(C(C)NC(=O)Cn2c(C)csc2=O)c(OC)c1. The topological polar surface area (TPSA) is 69.6 Å². The van der Waals surface area contributed by atoms with Crippen LogP contribution in [0.2, 0.25) is 0 Å². The minimum absolute atomic E-state index is 0.0109. The Morgan fingerprint density at radius 2 is 2.09 bits per heavy atom. The monoisotopic (exact) mass is 336 g/mol. The molecular formula is C16H20N2O4S. The predicted octanol–water partition coefficient (Wildman–Crippen LogP) is 2.11. The molecule has 2 aromatic rings. The molecule has 0 saturated carbocycles. The molecule has 0 aliphatic heterocycles. The Morgan fingerprint density at radius 1 is 1.35 bits per heavy atom. The van der Waals surface area contributed by atoms with Crippen molar-refractivity contribution in [1.29, 1.82) is 0 Å². The molecule has 0 saturated heterocycles. The largest absolute Gasteiger partial charge is 0.497 e. The summed E-state index contributed by atoms with van der Waals surface area (Å²) in [5.74, 6) is 1.10. The summed E-state index contributed by atoms with van der Waals surface area (Å²) in [7, 11) is 3.15. The fourth-order valence-corrected chi connectivity index (χ4v) is 3.02. The minimum Gasteiger partial charge on any atom is -0.497 e. The van der Waals surface area contributed by atoms with E-state index >= 15 is 0 Å². The van der Waals surface area contributed by atoms with Gasteiger partial charge in [0.05, 0.1) is 20.3 Å². The van der Waals surface area contributed by atoms with E-state index in [0.717, 1.165) is 22.6 Å². The van der Waals surface area contributed by atoms with Gasteiger partial charge in [-0.2, -0.15) is 0 Å². The second-order valence-electron chi connectivity index (χ2n) is 5.13. The molecule has 1 heterocycles. The molecule has 0 bridgehead atoms. The van der Waals surface area contributed by atoms with Crippen molar-refractivity contribution in [3.8, 4) is 11.5 Å². The van der Waals surface area contributed by atoms with Crippen LogP contribution in [0.15, 0.2) is 28.4 Å². The van der Waals surface area contributed by atoms with Gasteiger partial charge >= 0.3 is 4.87 Å². The number of nitrogens with zero attached hydrogens (tertiary/aromatic N) is 1. The number of thiazole rings is 1. The molecule has 0 fully saturated rings. The molecule has 0 aliphatic rings. The molecule has 1 aromatic carbocycles. The first-order chi connectivity index (χ1) is 11.0. The molecule has 1 N–H and O–H groups in total. The first-order valence-electron chi connectivity index (χ1n) is 7.12. The van der Waals surface area contributed by atoms with Gasteiger partial charge in [0.2, 0.25) is 5.91 Å². The van der Waals surface area contributed by atoms with Crippen molar-refractivity contribution < 1.29 is 14.3 Å². The van der Waals surface area contributed by atoms with E-state index in [0.29, 0.717) is 11.5 Å². The number of methoxy groups -OCH3 is 2. The maximum Gasteiger partial charge on any atom is 0.307 e. The summed E-state index contributed by atoms with van der Waals surface area (Å²) >= 11 is 1.09. The predicted molar refractivity (Wildman–Crippen MR) is 89.4 cm³/mol. The maximum absolute atomic E-state index is 12.2. The van der Waals surface area contributed by atoms with Gasteiger partial charge in [0.25, 0.3) is 0 Å². The number of aromatic nitrogens is 1. The minimum atomic E-state index is -0.252. The second kappa shape index (κ2) is 7.32. The molecule has 7 heteroatoms. The summed E-state index contributed by atoms with van der Waals surface area (Å²) in [5, 5.41) is 4.63. The first-order valence-corrected chi connectivity index (χ1v) is 8.00. The summed E-state index contributed by atoms with van der Waals surface area (Å²) in [6.07, 6.45) is 0. The van der Waals surface area contributed by atoms with E-state index in [1.54, 1.807) is 32.6 Å². The van der Waals surface area contributed by atoms with Crippen molar-refractivity contribution in [2.24, 2.45) is 0 Å². The zero-order valence-corrected chi connectivity index (χ0v) is 14.4. The Balaban J connectivity index is 2.11. The summed E-state index contributed by atoms with van der Waals surface area (Å²) in [5.41, 5.74) is 1.63. The Bertz CT molecular complexity index is 751. The third-order valence-corrected chi connectivity index (χ3v) is 4.44. The van der Waals surface area contributed by atoms with Gasteiger partial charge in [0.15, 0.2) is 0 Å². The van der Waals surface area contributed by atoms with E-state index in [1.165, 1.54) is 4.57 Å². The molecule has 0 aliphatic carbocycles. The van der Waals surface area contributed by atoms with E-state index in [1.807, 2.05) is 19.1 Å². The molecule has 0 radical (unpaired) electrons. The maximum atomic E-state index is 12.2. The van der Waals surface area contributed by atoms with Crippen molar-refractivity contribution in [1.82, 2.24) is 9.88 Å². The number of benzene rings is 1. The molecule has 0 spiro atoms. The molecule has 6 nitrogen and oxygen atoms in total. The van der Waals surface area contributed by atoms with Crippen LogP contribution in [0.25, 0.3) is 0 Å². The normalized spacial score (nSPS) is 11.8. The van der Waals surface area contributed by atoms with Crippen LogP contribution in [-0.2, 0) is 11.3 Å². The van der Waals surface area contributed by atoms with Crippen LogP contribution >= 0.6 is 11.3 Å². The van der Waals surface area contributed by atoms with Gasteiger partial charge in [0, 0.05) is 22.7 Å². The van der Waals surface area contributed by atoms with Crippen LogP contribution in [0.5, 0.6) is 11.5 Å². The summed E-state index contributed by atoms with van der Waals surface area (Å²) in [6, 6.07) is 5.18. The van der Waals surface area contributed by atoms with Gasteiger partial charge in [-0.15, -0.1) is 0 Å². The highest BCUT2D eigenvalue weighted by molar-refractivity contribution is 7.07. The highest BCUT2D eigenvalue weighted by Crippen LogP contribution is 2.29. The average molecular weight is 336 g/mol. The number of ether oxygens (including phenoxy) is 2. The number of rotatable bonds is 6. The number of carbonyl (C=O) groups excluding carboxylic acids is 1. The Labute approximate surface area is 138 Å². The van der Waals surface area contributed by atoms with Gasteiger partial charge in [-0.1, -0.05) is 11.3 Å². The lowest BCUT2D eigenvalue weighted by atomic mass is 10.1. The van der Waals surface area contributed by atoms with E-state index in [2.05, 4.69) is 5.32 Å². The number of aryl methyl sites for hydroxylation is 1. The Hall–Kier alpha value is -2.28. The molecule has 1 amide bonds. The number of hydrogen-bond donors (Lipinski definition) is 1. The number of hydrogen-bond acceptors (Lipinski definition) is 5. The third kappa shape index (κ3) is 3.92. The standard InChI is InChI=1S/C16H20N2O4S/c1-10-9-23-16(20)18(10)8-15(19)17-11(2)13-6-5-12(21-3)7-14(13)22-4/h5-7,9,11H,8H2,1-4H3,(H,17,19). The molecule has 1 atom stereocenters. The molecule has 1 aromatic heterocycles. The number of amides is 1. The van der Waals surface area contributed by atoms with E-state index in [4.69, 9.17) is 9.47 Å². The summed E-state index contributed by atoms with van der Waals surface area (Å²) < 4.78 is 12.0. The quantitative estimate of drug-likeness (QED) is 0.877. The third-order valence-electron chi connectivity index (χ3n) is 3.56. The highest BCUT2D eigenvalue weighted by atomic mass is 32.1. The molecule has 1 unspecified atom stereocenters. The van der Waals surface area contributed by atoms with Crippen molar-refractivity contribution >= 4 is 17.2 Å². The fraction of sp³-hybridized carbons (Fsp3) is 0.375. The highest BCUT2D eigenvalue weighted by Gasteiger charge is 2.16. The fourth-order valence-electron chi connectivity index (χ4n) is 2.28. The van der Waals surface area contributed by atoms with Crippen molar-refractivity contribution in [3.05, 3.63) is 44.5 Å². The lowest BCUT2D eigenvalue weighted by Gasteiger charge is -2.18. The van der Waals surface area contributed by atoms with Crippen LogP contribution in [-0.4, -0.2) is 24.7 Å². The smallest absolute Gasteiger partial charge is 0.307 e. The van der Waals surface area contributed by atoms with E-state index < -0.39 is 0 Å². The van der Waals surface area contributed by atoms with Crippen LogP contribution in [0.3, 0.4) is 0 Å². The second-order valence-corrected chi connectivity index (χ2v) is 5.95. The Morgan fingerprint density at radius 3 is 2.65 bits per heavy atom. The van der Waals surface area contributed by atoms with Gasteiger partial charge in [-0.25, -0.2) is 0 Å². The van der Waals surface area contributed by atoms with Gasteiger partial charge in [-0.3, -0.25) is 14.2 Å². The molecular weight excluding hydrogens is 316 g/mol. The van der Waals surface area contributed by atoms with E-state index in [-0.39, 0.29) is 23.4 Å². The zero-order chi connectivity index (χ0) is 17.0. The van der Waals surface area contributed by atoms with Crippen molar-refractivity contribution in [2.75, 3.05) is 14.2 Å². The van der Waals surface area contributed by atoms with E-state index in [9.17, 15) is 9.59 Å². The van der Waals surface area contributed by atoms with Crippen molar-refractivity contribution in [3.63, 3.8) is 0 Å².